The number of ether oxygens (including phenoxy) is 1. The van der Waals surface area contributed by atoms with Gasteiger partial charge in [0.05, 0.1) is 29.6 Å². The molecule has 0 N–H and O–H groups in total. The Labute approximate surface area is 330 Å². The molecule has 0 bridgehead atoms. The lowest BCUT2D eigenvalue weighted by Gasteiger charge is -2.39. The Kier molecular flexibility index (Phi) is 7.32. The van der Waals surface area contributed by atoms with Gasteiger partial charge in [0.2, 0.25) is 5.91 Å². The number of thioether (sulfide) groups is 1. The number of carbonyl (C=O) groups excluding carboxylic acids is 1. The van der Waals surface area contributed by atoms with E-state index in [-0.39, 0.29) is 27.2 Å². The van der Waals surface area contributed by atoms with E-state index in [0.29, 0.717) is 17.3 Å². The Balaban J connectivity index is 1.60. The number of piperidine rings is 1. The highest BCUT2D eigenvalue weighted by molar-refractivity contribution is 7.98. The third-order valence-corrected chi connectivity index (χ3v) is 8.97. The summed E-state index contributed by atoms with van der Waals surface area (Å²) in [7, 11) is 0.955. The number of fused-ring (bicyclic) bond motifs is 1. The molecule has 6 rings (SSSR count). The van der Waals surface area contributed by atoms with E-state index in [1.165, 1.54) is 37.3 Å². The zero-order chi connectivity index (χ0) is 51.1. The van der Waals surface area contributed by atoms with Crippen LogP contribution in [-0.2, 0) is 34.6 Å². The maximum absolute atomic E-state index is 15.3. The van der Waals surface area contributed by atoms with Gasteiger partial charge in [-0.2, -0.15) is 13.2 Å². The first-order valence-electron chi connectivity index (χ1n) is 23.3. The zero-order valence-corrected chi connectivity index (χ0v) is 28.9. The number of pyridine rings is 1. The summed E-state index contributed by atoms with van der Waals surface area (Å²) in [6.45, 7) is -13.7. The fraction of sp³-hybridized carbons (Fsp3) is 0.317. The molecule has 278 valence electrons. The van der Waals surface area contributed by atoms with Crippen molar-refractivity contribution in [2.75, 3.05) is 33.2 Å². The number of rotatable bonds is 12. The van der Waals surface area contributed by atoms with E-state index in [1.54, 1.807) is 0 Å². The molecule has 5 aromatic rings. The highest BCUT2D eigenvalue weighted by Crippen LogP contribution is 2.32. The second-order valence-electron chi connectivity index (χ2n) is 11.6. The third-order valence-electron chi connectivity index (χ3n) is 7.92. The summed E-state index contributed by atoms with van der Waals surface area (Å²) in [6.07, 6.45) is -12.9. The van der Waals surface area contributed by atoms with Crippen molar-refractivity contribution in [3.8, 4) is 11.1 Å². The van der Waals surface area contributed by atoms with Crippen LogP contribution in [-0.4, -0.2) is 59.5 Å². The molecule has 0 radical (unpaired) electrons. The lowest BCUT2D eigenvalue weighted by molar-refractivity contribution is -0.137. The van der Waals surface area contributed by atoms with E-state index in [2.05, 4.69) is 0 Å². The second kappa shape index (κ2) is 16.7. The molecule has 1 fully saturated rings. The number of carbonyl (C=O) groups is 1. The van der Waals surface area contributed by atoms with Gasteiger partial charge in [-0.15, -0.1) is 11.8 Å². The molecule has 0 unspecified atom stereocenters. The number of alkyl halides is 3. The molecule has 4 aromatic carbocycles. The van der Waals surface area contributed by atoms with Gasteiger partial charge in [0.25, 0.3) is 0 Å². The van der Waals surface area contributed by atoms with Gasteiger partial charge in [-0.1, -0.05) is 54.6 Å². The number of benzene rings is 4. The molecule has 1 saturated heterocycles. The summed E-state index contributed by atoms with van der Waals surface area (Å²) in [5.74, 6) is -4.71. The highest BCUT2D eigenvalue weighted by Gasteiger charge is 2.31. The van der Waals surface area contributed by atoms with Gasteiger partial charge in [0.15, 0.2) is 17.1 Å². The van der Waals surface area contributed by atoms with Gasteiger partial charge in [0.1, 0.15) is 6.54 Å². The van der Waals surface area contributed by atoms with E-state index in [0.717, 1.165) is 48.1 Å². The van der Waals surface area contributed by atoms with Crippen LogP contribution in [0.1, 0.15) is 55.6 Å². The molecule has 1 amide bonds. The van der Waals surface area contributed by atoms with Crippen molar-refractivity contribution < 1.29 is 52.0 Å². The van der Waals surface area contributed by atoms with Crippen molar-refractivity contribution in [3.05, 3.63) is 135 Å². The van der Waals surface area contributed by atoms with Crippen LogP contribution in [0.5, 0.6) is 0 Å². The SMILES string of the molecule is [2H]c1c(C)c([2H])c2c(c1[2H])c(=O)c([2H])c(SCc1cccc(F)c1F)n2CC(=O)N(Cc1ccc(-c2ccc(C(F)(F)F)cc2)cc1)C1([2H])C([2H])([2H])C([2H])([2H])N(C([2H])([2H])COC)C([2H])([2H])C1([2H])[2H]. The van der Waals surface area contributed by atoms with Crippen molar-refractivity contribution in [2.24, 2.45) is 0 Å². The van der Waals surface area contributed by atoms with Crippen LogP contribution in [0.2, 0.25) is 0 Å². The minimum absolute atomic E-state index is 0.0862. The van der Waals surface area contributed by atoms with Crippen molar-refractivity contribution in [3.63, 3.8) is 0 Å². The zero-order valence-electron chi connectivity index (χ0n) is 43.0. The Morgan fingerprint density at radius 2 is 1.72 bits per heavy atom. The summed E-state index contributed by atoms with van der Waals surface area (Å²) in [6, 6.07) is 5.16. The molecule has 2 heterocycles. The number of aromatic nitrogens is 1. The van der Waals surface area contributed by atoms with Crippen LogP contribution >= 0.6 is 11.8 Å². The van der Waals surface area contributed by atoms with Gasteiger partial charge in [-0.3, -0.25) is 9.59 Å². The highest BCUT2D eigenvalue weighted by atomic mass is 32.2. The number of likely N-dealkylation sites (tertiary alicyclic amines) is 1. The van der Waals surface area contributed by atoms with E-state index in [1.807, 2.05) is 0 Å². The summed E-state index contributed by atoms with van der Waals surface area (Å²) < 4.78 is 209. The molecular formula is C41H40F5N3O3S. The maximum atomic E-state index is 15.3. The van der Waals surface area contributed by atoms with Crippen molar-refractivity contribution in [1.29, 1.82) is 0 Å². The molecule has 12 heteroatoms. The van der Waals surface area contributed by atoms with Gasteiger partial charge >= 0.3 is 6.18 Å². The number of hydrogen-bond acceptors (Lipinski definition) is 5. The molecule has 1 aromatic heterocycles. The predicted molar refractivity (Wildman–Crippen MR) is 198 cm³/mol. The monoisotopic (exact) mass is 764 g/mol. The molecule has 1 aliphatic heterocycles. The van der Waals surface area contributed by atoms with Crippen LogP contribution in [0.3, 0.4) is 0 Å². The molecule has 0 atom stereocenters. The third kappa shape index (κ3) is 9.17. The molecular weight excluding hydrogens is 710 g/mol. The van der Waals surface area contributed by atoms with Gasteiger partial charge in [0, 0.05) is 75.6 Å². The number of halogens is 5. The Bertz CT molecular complexity index is 2820. The molecule has 53 heavy (non-hydrogen) atoms. The predicted octanol–water partition coefficient (Wildman–Crippen LogP) is 8.71. The van der Waals surface area contributed by atoms with Gasteiger partial charge in [-0.25, -0.2) is 8.78 Å². The van der Waals surface area contributed by atoms with Gasteiger partial charge < -0.3 is 19.1 Å². The summed E-state index contributed by atoms with van der Waals surface area (Å²) >= 11 is 0.473. The van der Waals surface area contributed by atoms with Crippen molar-refractivity contribution in [1.82, 2.24) is 14.4 Å². The number of methoxy groups -OCH3 is 1. The summed E-state index contributed by atoms with van der Waals surface area (Å²) in [5, 5.41) is -1.29. The Morgan fingerprint density at radius 1 is 1.04 bits per heavy atom. The van der Waals surface area contributed by atoms with E-state index in [9.17, 15) is 33.6 Å². The van der Waals surface area contributed by atoms with E-state index < -0.39 is 143 Å². The van der Waals surface area contributed by atoms with E-state index >= 15 is 4.79 Å². The first kappa shape index (κ1) is 23.3. The first-order valence-corrected chi connectivity index (χ1v) is 16.8. The van der Waals surface area contributed by atoms with Crippen LogP contribution in [0.15, 0.2) is 101 Å². The lowest BCUT2D eigenvalue weighted by Crippen LogP contribution is -2.48. The number of hydrogen-bond donors (Lipinski definition) is 0. The van der Waals surface area contributed by atoms with Crippen LogP contribution < -0.4 is 5.43 Å². The smallest absolute Gasteiger partial charge is 0.383 e. The average Bonchev–Trinajstić information content (AvgIpc) is 3.25. The Hall–Kier alpha value is -4.52. The largest absolute Gasteiger partial charge is 0.416 e. The average molecular weight is 765 g/mol. The Morgan fingerprint density at radius 3 is 2.38 bits per heavy atom. The standard InChI is InChI=1S/C41H40F5N3O3S/c1-27-6-15-34-36(22-27)49(39(23-37(34)50)53-26-31-4-3-5-35(42)40(31)43)25-38(51)48(33-16-18-47(19-17-33)20-21-52-2)24-28-7-9-29(10-8-28)30-11-13-32(14-12-30)41(44,45)46/h3-15,22-23,33H,16-21,24-26H2,1-2H3/i6D,15D,16D2,17D2,18D2,19D2,20D2,22D,23D,33D. The van der Waals surface area contributed by atoms with Crippen LogP contribution in [0, 0.1) is 18.6 Å². The maximum Gasteiger partial charge on any atom is 0.416 e. The molecule has 0 spiro atoms. The van der Waals surface area contributed by atoms with Gasteiger partial charge in [-0.05, 0) is 72.2 Å². The topological polar surface area (TPSA) is 54.8 Å². The van der Waals surface area contributed by atoms with Crippen LogP contribution in [0.4, 0.5) is 22.0 Å². The van der Waals surface area contributed by atoms with Crippen molar-refractivity contribution >= 4 is 28.6 Å². The fourth-order valence-corrected chi connectivity index (χ4v) is 6.21. The summed E-state index contributed by atoms with van der Waals surface area (Å²) in [4.78, 5) is 28.9. The lowest BCUT2D eigenvalue weighted by atomic mass is 10.00. The quantitative estimate of drug-likeness (QED) is 0.0941. The molecule has 0 saturated carbocycles. The fourth-order valence-electron chi connectivity index (χ4n) is 5.22. The normalized spacial score (nSPS) is 23.0. The number of nitrogens with zero attached hydrogens (tertiary/aromatic N) is 3. The van der Waals surface area contributed by atoms with E-state index in [4.69, 9.17) is 18.4 Å². The minimum Gasteiger partial charge on any atom is -0.383 e. The molecule has 0 aliphatic carbocycles. The summed E-state index contributed by atoms with van der Waals surface area (Å²) in [5.41, 5.74) is -2.80. The van der Waals surface area contributed by atoms with Crippen LogP contribution in [0.25, 0.3) is 22.0 Å². The first-order chi connectivity index (χ1) is 31.2. The second-order valence-corrected chi connectivity index (χ2v) is 12.5. The minimum atomic E-state index is -4.65. The molecule has 6 nitrogen and oxygen atoms in total. The molecule has 1 aliphatic rings. The number of amides is 1. The van der Waals surface area contributed by atoms with Crippen molar-refractivity contribution in [2.45, 2.75) is 55.7 Å².